The van der Waals surface area contributed by atoms with Crippen molar-refractivity contribution in [2.75, 3.05) is 10.6 Å². The molecule has 0 aliphatic carbocycles. The van der Waals surface area contributed by atoms with Crippen molar-refractivity contribution in [3.8, 4) is 0 Å². The van der Waals surface area contributed by atoms with E-state index in [4.69, 9.17) is 0 Å². The van der Waals surface area contributed by atoms with Crippen molar-refractivity contribution in [3.05, 3.63) is 66.4 Å². The van der Waals surface area contributed by atoms with Gasteiger partial charge in [-0.2, -0.15) is 0 Å². The number of hydrogen-bond donors (Lipinski definition) is 2. The van der Waals surface area contributed by atoms with Crippen LogP contribution < -0.4 is 10.6 Å². The Balaban J connectivity index is 1.83. The first-order valence-electron chi connectivity index (χ1n) is 9.67. The largest absolute Gasteiger partial charge is 0.325 e. The number of para-hydroxylation sites is 2. The average molecular weight is 389 g/mol. The molecule has 0 bridgehead atoms. The molecular weight excluding hydrogens is 362 g/mol. The number of rotatable bonds is 4. The highest BCUT2D eigenvalue weighted by Gasteiger charge is 2.37. The lowest BCUT2D eigenvalue weighted by Gasteiger charge is -2.27. The molecule has 3 aromatic rings. The van der Waals surface area contributed by atoms with Crippen molar-refractivity contribution in [1.82, 2.24) is 4.98 Å². The molecule has 0 unspecified atom stereocenters. The second kappa shape index (κ2) is 7.66. The molecule has 1 aromatic heterocycles. The van der Waals surface area contributed by atoms with Crippen molar-refractivity contribution in [2.24, 2.45) is 5.41 Å². The summed E-state index contributed by atoms with van der Waals surface area (Å²) in [5, 5.41) is 6.74. The number of anilines is 2. The Hall–Kier alpha value is -3.21. The predicted octanol–water partition coefficient (Wildman–Crippen LogP) is 5.14. The van der Waals surface area contributed by atoms with Gasteiger partial charge < -0.3 is 10.6 Å². The fraction of sp³-hybridized carbons (Fsp3) is 0.292. The lowest BCUT2D eigenvalue weighted by atomic mass is 9.85. The number of carbonyl (C=O) groups excluding carboxylic acids is 2. The molecule has 2 amide bonds. The van der Waals surface area contributed by atoms with Gasteiger partial charge in [-0.15, -0.1) is 0 Å². The van der Waals surface area contributed by atoms with Crippen LogP contribution in [0.2, 0.25) is 0 Å². The van der Waals surface area contributed by atoms with Crippen LogP contribution in [0.5, 0.6) is 0 Å². The molecule has 3 rings (SSSR count). The number of benzene rings is 2. The first kappa shape index (κ1) is 20.5. The van der Waals surface area contributed by atoms with Gasteiger partial charge in [-0.3, -0.25) is 14.6 Å². The number of hydrogen-bond acceptors (Lipinski definition) is 3. The maximum absolute atomic E-state index is 13.0. The molecule has 0 saturated carbocycles. The molecule has 5 nitrogen and oxygen atoms in total. The molecule has 0 fully saturated rings. The van der Waals surface area contributed by atoms with Gasteiger partial charge in [0.1, 0.15) is 5.41 Å². The van der Waals surface area contributed by atoms with E-state index < -0.39 is 5.41 Å². The molecule has 0 aliphatic rings. The number of amides is 2. The Morgan fingerprint density at radius 2 is 1.34 bits per heavy atom. The van der Waals surface area contributed by atoms with Crippen molar-refractivity contribution < 1.29 is 9.59 Å². The van der Waals surface area contributed by atoms with E-state index >= 15 is 0 Å². The molecule has 0 saturated heterocycles. The standard InChI is InChI=1S/C24H27N3O2/c1-23(2,3)17-12-6-7-13-18(17)26-21(28)24(4,5)22(29)27-19-14-8-10-16-11-9-15-25-20(16)19/h6-15H,1-5H3,(H,26,28)(H,27,29). The zero-order valence-electron chi connectivity index (χ0n) is 17.5. The third kappa shape index (κ3) is 4.29. The molecule has 0 radical (unpaired) electrons. The van der Waals surface area contributed by atoms with E-state index in [0.29, 0.717) is 11.2 Å². The minimum atomic E-state index is -1.28. The van der Waals surface area contributed by atoms with Gasteiger partial charge in [0.05, 0.1) is 11.2 Å². The summed E-state index contributed by atoms with van der Waals surface area (Å²) in [5.41, 5.74) is 1.61. The molecule has 2 aromatic carbocycles. The second-order valence-corrected chi connectivity index (χ2v) is 8.71. The number of aromatic nitrogens is 1. The van der Waals surface area contributed by atoms with Crippen LogP contribution in [0.3, 0.4) is 0 Å². The van der Waals surface area contributed by atoms with Crippen LogP contribution in [-0.2, 0) is 15.0 Å². The average Bonchev–Trinajstić information content (AvgIpc) is 2.67. The summed E-state index contributed by atoms with van der Waals surface area (Å²) in [6.45, 7) is 9.50. The molecule has 150 valence electrons. The predicted molar refractivity (Wildman–Crippen MR) is 118 cm³/mol. The summed E-state index contributed by atoms with van der Waals surface area (Å²) in [5.74, 6) is -0.749. The Morgan fingerprint density at radius 3 is 2.03 bits per heavy atom. The Kier molecular flexibility index (Phi) is 5.42. The monoisotopic (exact) mass is 389 g/mol. The normalized spacial score (nSPS) is 11.9. The number of pyridine rings is 1. The maximum atomic E-state index is 13.0. The van der Waals surface area contributed by atoms with Crippen molar-refractivity contribution >= 4 is 34.1 Å². The van der Waals surface area contributed by atoms with Crippen LogP contribution in [-0.4, -0.2) is 16.8 Å². The molecule has 1 heterocycles. The van der Waals surface area contributed by atoms with E-state index in [1.54, 1.807) is 26.1 Å². The van der Waals surface area contributed by atoms with E-state index in [0.717, 1.165) is 16.6 Å². The van der Waals surface area contributed by atoms with Crippen LogP contribution in [0.15, 0.2) is 60.8 Å². The Labute approximate surface area is 171 Å². The molecule has 5 heteroatoms. The van der Waals surface area contributed by atoms with Gasteiger partial charge >= 0.3 is 0 Å². The lowest BCUT2D eigenvalue weighted by Crippen LogP contribution is -2.42. The van der Waals surface area contributed by atoms with Crippen molar-refractivity contribution in [2.45, 2.75) is 40.0 Å². The second-order valence-electron chi connectivity index (χ2n) is 8.71. The minimum Gasteiger partial charge on any atom is -0.325 e. The first-order chi connectivity index (χ1) is 13.6. The summed E-state index contributed by atoms with van der Waals surface area (Å²) >= 11 is 0. The van der Waals surface area contributed by atoms with Crippen LogP contribution >= 0.6 is 0 Å². The smallest absolute Gasteiger partial charge is 0.239 e. The SMILES string of the molecule is CC(C)(C(=O)Nc1ccccc1C(C)(C)C)C(=O)Nc1cccc2cccnc12. The third-order valence-electron chi connectivity index (χ3n) is 5.00. The highest BCUT2D eigenvalue weighted by molar-refractivity contribution is 6.15. The number of nitrogens with zero attached hydrogens (tertiary/aromatic N) is 1. The first-order valence-corrected chi connectivity index (χ1v) is 9.67. The van der Waals surface area contributed by atoms with Gasteiger partial charge in [0.15, 0.2) is 0 Å². The molecular formula is C24H27N3O2. The highest BCUT2D eigenvalue weighted by Crippen LogP contribution is 2.31. The minimum absolute atomic E-state index is 0.134. The van der Waals surface area contributed by atoms with Crippen LogP contribution in [0.1, 0.15) is 40.2 Å². The van der Waals surface area contributed by atoms with Crippen molar-refractivity contribution in [1.29, 1.82) is 0 Å². The third-order valence-corrected chi connectivity index (χ3v) is 5.00. The molecule has 0 spiro atoms. The highest BCUT2D eigenvalue weighted by atomic mass is 16.2. The zero-order chi connectivity index (χ0) is 21.2. The quantitative estimate of drug-likeness (QED) is 0.607. The summed E-state index contributed by atoms with van der Waals surface area (Å²) in [6.07, 6.45) is 1.68. The molecule has 0 aliphatic heterocycles. The Bertz CT molecular complexity index is 1060. The summed E-state index contributed by atoms with van der Waals surface area (Å²) in [7, 11) is 0. The summed E-state index contributed by atoms with van der Waals surface area (Å²) in [4.78, 5) is 30.4. The van der Waals surface area contributed by atoms with Crippen LogP contribution in [0, 0.1) is 5.41 Å². The number of fused-ring (bicyclic) bond motifs is 1. The van der Waals surface area contributed by atoms with E-state index in [2.05, 4.69) is 36.4 Å². The van der Waals surface area contributed by atoms with E-state index in [1.807, 2.05) is 48.5 Å². The van der Waals surface area contributed by atoms with Gasteiger partial charge in [-0.05, 0) is 43.0 Å². The molecule has 29 heavy (non-hydrogen) atoms. The van der Waals surface area contributed by atoms with Gasteiger partial charge in [-0.1, -0.05) is 57.2 Å². The van der Waals surface area contributed by atoms with E-state index in [9.17, 15) is 9.59 Å². The van der Waals surface area contributed by atoms with Gasteiger partial charge in [0.2, 0.25) is 11.8 Å². The van der Waals surface area contributed by atoms with E-state index in [-0.39, 0.29) is 17.2 Å². The lowest BCUT2D eigenvalue weighted by molar-refractivity contribution is -0.135. The molecule has 2 N–H and O–H groups in total. The van der Waals surface area contributed by atoms with Crippen molar-refractivity contribution in [3.63, 3.8) is 0 Å². The van der Waals surface area contributed by atoms with Gasteiger partial charge in [0.25, 0.3) is 0 Å². The zero-order valence-corrected chi connectivity index (χ0v) is 17.5. The van der Waals surface area contributed by atoms with Gasteiger partial charge in [0, 0.05) is 17.3 Å². The fourth-order valence-electron chi connectivity index (χ4n) is 3.11. The van der Waals surface area contributed by atoms with Crippen LogP contribution in [0.25, 0.3) is 10.9 Å². The topological polar surface area (TPSA) is 71.1 Å². The summed E-state index contributed by atoms with van der Waals surface area (Å²) in [6, 6.07) is 17.0. The number of carbonyl (C=O) groups is 2. The Morgan fingerprint density at radius 1 is 0.759 bits per heavy atom. The maximum Gasteiger partial charge on any atom is 0.239 e. The van der Waals surface area contributed by atoms with Gasteiger partial charge in [-0.25, -0.2) is 0 Å². The summed E-state index contributed by atoms with van der Waals surface area (Å²) < 4.78 is 0. The van der Waals surface area contributed by atoms with Crippen LogP contribution in [0.4, 0.5) is 11.4 Å². The fourth-order valence-corrected chi connectivity index (χ4v) is 3.11. The number of nitrogens with one attached hydrogen (secondary N) is 2. The van der Waals surface area contributed by atoms with E-state index in [1.165, 1.54) is 0 Å². The molecule has 0 atom stereocenters.